The Balaban J connectivity index is 1.80. The lowest BCUT2D eigenvalue weighted by Gasteiger charge is -2.34. The normalized spacial score (nSPS) is 79.2. The SMILES string of the molecule is ClC12C3CC3[C+](C3CC31)C1CC12. The van der Waals surface area contributed by atoms with Gasteiger partial charge in [0, 0.05) is 17.8 Å². The van der Waals surface area contributed by atoms with Crippen molar-refractivity contribution in [2.75, 3.05) is 0 Å². The Hall–Kier alpha value is 0.160. The summed E-state index contributed by atoms with van der Waals surface area (Å²) in [4.78, 5) is 0.335. The Morgan fingerprint density at radius 1 is 0.917 bits per heavy atom. The van der Waals surface area contributed by atoms with Gasteiger partial charge in [0.2, 0.25) is 0 Å². The predicted molar refractivity (Wildman–Crippen MR) is 46.6 cm³/mol. The fourth-order valence-corrected chi connectivity index (χ4v) is 5.53. The average molecular weight is 180 g/mol. The Kier molecular flexibility index (Phi) is 0.612. The molecule has 0 heterocycles. The van der Waals surface area contributed by atoms with Gasteiger partial charge in [-0.2, -0.15) is 0 Å². The third-order valence-electron chi connectivity index (χ3n) is 5.36. The van der Waals surface area contributed by atoms with E-state index in [1.165, 1.54) is 19.3 Å². The third kappa shape index (κ3) is 0.368. The third-order valence-corrected chi connectivity index (χ3v) is 6.20. The molecule has 2 bridgehead atoms. The molecule has 0 spiro atoms. The molecule has 0 nitrogen and oxygen atoms in total. The van der Waals surface area contributed by atoms with Crippen LogP contribution in [0.5, 0.6) is 0 Å². The zero-order valence-electron chi connectivity index (χ0n) is 6.96. The van der Waals surface area contributed by atoms with Gasteiger partial charge in [-0.05, 0) is 19.3 Å². The summed E-state index contributed by atoms with van der Waals surface area (Å²) in [7, 11) is 0. The monoisotopic (exact) mass is 179 g/mol. The number of hydrogen-bond acceptors (Lipinski definition) is 0. The van der Waals surface area contributed by atoms with Gasteiger partial charge in [-0.25, -0.2) is 0 Å². The fraction of sp³-hybridized carbons (Fsp3) is 0.909. The molecule has 6 saturated carbocycles. The van der Waals surface area contributed by atoms with Gasteiger partial charge in [0.1, 0.15) is 23.7 Å². The summed E-state index contributed by atoms with van der Waals surface area (Å²) in [6, 6.07) is 0. The molecule has 12 heavy (non-hydrogen) atoms. The highest BCUT2D eigenvalue weighted by Crippen LogP contribution is 2.86. The summed E-state index contributed by atoms with van der Waals surface area (Å²) in [6.07, 6.45) is 4.41. The van der Waals surface area contributed by atoms with Crippen molar-refractivity contribution in [3.05, 3.63) is 5.92 Å². The molecule has 62 valence electrons. The number of rotatable bonds is 0. The topological polar surface area (TPSA) is 0 Å². The van der Waals surface area contributed by atoms with Gasteiger partial charge in [-0.3, -0.25) is 0 Å². The highest BCUT2D eigenvalue weighted by Gasteiger charge is 2.90. The van der Waals surface area contributed by atoms with Gasteiger partial charge in [-0.1, -0.05) is 0 Å². The van der Waals surface area contributed by atoms with Gasteiger partial charge in [0.15, 0.2) is 0 Å². The van der Waals surface area contributed by atoms with E-state index in [1.807, 2.05) is 5.92 Å². The van der Waals surface area contributed by atoms with E-state index in [2.05, 4.69) is 0 Å². The lowest BCUT2D eigenvalue weighted by Crippen LogP contribution is -2.42. The first kappa shape index (κ1) is 5.80. The van der Waals surface area contributed by atoms with E-state index in [1.54, 1.807) is 0 Å². The molecule has 0 aromatic carbocycles. The van der Waals surface area contributed by atoms with Crippen LogP contribution >= 0.6 is 11.6 Å². The van der Waals surface area contributed by atoms with Gasteiger partial charge < -0.3 is 0 Å². The van der Waals surface area contributed by atoms with Crippen LogP contribution in [-0.4, -0.2) is 4.87 Å². The lowest BCUT2D eigenvalue weighted by atomic mass is 9.70. The van der Waals surface area contributed by atoms with Crippen molar-refractivity contribution in [2.45, 2.75) is 24.1 Å². The zero-order chi connectivity index (χ0) is 7.66. The second-order valence-corrected chi connectivity index (χ2v) is 6.33. The average Bonchev–Trinajstić information content (AvgIpc) is 2.90. The molecule has 6 unspecified atom stereocenters. The maximum Gasteiger partial charge on any atom is 0.106 e. The highest BCUT2D eigenvalue weighted by molar-refractivity contribution is 6.26. The highest BCUT2D eigenvalue weighted by atomic mass is 35.5. The van der Waals surface area contributed by atoms with Crippen molar-refractivity contribution in [3.8, 4) is 0 Å². The van der Waals surface area contributed by atoms with Crippen LogP contribution in [0, 0.1) is 41.4 Å². The van der Waals surface area contributed by atoms with Crippen LogP contribution in [0.1, 0.15) is 19.3 Å². The smallest absolute Gasteiger partial charge is 0.106 e. The molecule has 0 aromatic rings. The van der Waals surface area contributed by atoms with Crippen molar-refractivity contribution < 1.29 is 0 Å². The number of hydrogen-bond donors (Lipinski definition) is 0. The van der Waals surface area contributed by atoms with Crippen LogP contribution in [0.4, 0.5) is 0 Å². The molecule has 6 rings (SSSR count). The Labute approximate surface area is 77.7 Å². The van der Waals surface area contributed by atoms with Crippen molar-refractivity contribution in [2.24, 2.45) is 35.5 Å². The molecule has 0 saturated heterocycles. The van der Waals surface area contributed by atoms with Crippen molar-refractivity contribution in [3.63, 3.8) is 0 Å². The van der Waals surface area contributed by atoms with Crippen LogP contribution in [-0.2, 0) is 0 Å². The van der Waals surface area contributed by atoms with Crippen LogP contribution in [0.15, 0.2) is 0 Å². The summed E-state index contributed by atoms with van der Waals surface area (Å²) < 4.78 is 0. The molecule has 0 N–H and O–H groups in total. The van der Waals surface area contributed by atoms with Crippen LogP contribution in [0.25, 0.3) is 0 Å². The maximum atomic E-state index is 6.86. The second kappa shape index (κ2) is 1.27. The van der Waals surface area contributed by atoms with Crippen LogP contribution in [0.2, 0.25) is 0 Å². The van der Waals surface area contributed by atoms with Crippen molar-refractivity contribution in [1.29, 1.82) is 0 Å². The summed E-state index contributed by atoms with van der Waals surface area (Å²) in [6.45, 7) is 0. The predicted octanol–water partition coefficient (Wildman–Crippen LogP) is 2.47. The van der Waals surface area contributed by atoms with Crippen LogP contribution < -0.4 is 0 Å². The van der Waals surface area contributed by atoms with E-state index < -0.39 is 0 Å². The van der Waals surface area contributed by atoms with E-state index in [4.69, 9.17) is 11.6 Å². The van der Waals surface area contributed by atoms with Crippen molar-refractivity contribution >= 4 is 11.6 Å². The number of alkyl halides is 1. The molecule has 6 aliphatic rings. The minimum Gasteiger partial charge on any atom is -0.118 e. The minimum atomic E-state index is 0.335. The van der Waals surface area contributed by atoms with E-state index >= 15 is 0 Å². The molecular weight excluding hydrogens is 168 g/mol. The zero-order valence-corrected chi connectivity index (χ0v) is 7.72. The largest absolute Gasteiger partial charge is 0.118 e. The standard InChI is InChI=1S/C11H12Cl/c12-11-7-1-4(7)10(5-2-8(5)11)6-3-9(6)11/h4-9H,1-3H2/q+1. The van der Waals surface area contributed by atoms with Gasteiger partial charge >= 0.3 is 0 Å². The molecule has 1 heteroatoms. The molecule has 0 amide bonds. The minimum absolute atomic E-state index is 0.335. The van der Waals surface area contributed by atoms with Crippen molar-refractivity contribution in [1.82, 2.24) is 0 Å². The quantitative estimate of drug-likeness (QED) is 0.396. The fourth-order valence-electron chi connectivity index (χ4n) is 4.81. The summed E-state index contributed by atoms with van der Waals surface area (Å²) in [5.74, 6) is 7.92. The molecule has 0 aliphatic heterocycles. The molecule has 6 fully saturated rings. The summed E-state index contributed by atoms with van der Waals surface area (Å²) >= 11 is 6.86. The second-order valence-electron chi connectivity index (χ2n) is 5.67. The van der Waals surface area contributed by atoms with Gasteiger partial charge in [0.25, 0.3) is 0 Å². The Morgan fingerprint density at radius 3 is 1.75 bits per heavy atom. The van der Waals surface area contributed by atoms with E-state index in [0.29, 0.717) is 4.87 Å². The lowest BCUT2D eigenvalue weighted by molar-refractivity contribution is 0.258. The molecule has 0 radical (unpaired) electrons. The maximum absolute atomic E-state index is 6.86. The Bertz CT molecular complexity index is 252. The first-order valence-electron chi connectivity index (χ1n) is 5.37. The van der Waals surface area contributed by atoms with Gasteiger partial charge in [0.05, 0.1) is 4.87 Å². The molecule has 6 aliphatic carbocycles. The van der Waals surface area contributed by atoms with E-state index in [0.717, 1.165) is 35.5 Å². The van der Waals surface area contributed by atoms with E-state index in [9.17, 15) is 0 Å². The first-order valence-corrected chi connectivity index (χ1v) is 5.75. The molecular formula is C11H12Cl+. The molecule has 0 aromatic heterocycles. The summed E-state index contributed by atoms with van der Waals surface area (Å²) in [5.41, 5.74) is 0. The Morgan fingerprint density at radius 2 is 1.33 bits per heavy atom. The van der Waals surface area contributed by atoms with Gasteiger partial charge in [-0.15, -0.1) is 11.6 Å². The first-order chi connectivity index (χ1) is 5.82. The van der Waals surface area contributed by atoms with Crippen LogP contribution in [0.3, 0.4) is 0 Å². The number of halogens is 1. The van der Waals surface area contributed by atoms with E-state index in [-0.39, 0.29) is 0 Å². The molecule has 6 atom stereocenters. The summed E-state index contributed by atoms with van der Waals surface area (Å²) in [5, 5.41) is 0.